The standard InChI is InChI=1S/C24H24N4O4/c1-15-7-5-6-8-21(15)28-16(2)13-19(17(28)3)14-25-27-23(30)22(29)26-20-11-9-18(10-12-20)24(31)32-4/h5-14H,1-4H3,(H,26,29)(H,27,30)/b25-14-. The molecule has 1 aromatic heterocycles. The third-order valence-corrected chi connectivity index (χ3v) is 4.97. The van der Waals surface area contributed by atoms with Gasteiger partial charge in [0, 0.05) is 28.3 Å². The number of aryl methyl sites for hydroxylation is 2. The van der Waals surface area contributed by atoms with Gasteiger partial charge in [-0.2, -0.15) is 5.10 Å². The number of nitrogens with one attached hydrogen (secondary N) is 2. The highest BCUT2D eigenvalue weighted by atomic mass is 16.5. The molecule has 8 heteroatoms. The van der Waals surface area contributed by atoms with E-state index in [2.05, 4.69) is 25.1 Å². The van der Waals surface area contributed by atoms with Gasteiger partial charge in [0.1, 0.15) is 0 Å². The Hall–Kier alpha value is -4.20. The Morgan fingerprint density at radius 2 is 1.66 bits per heavy atom. The first-order valence-corrected chi connectivity index (χ1v) is 9.89. The molecule has 0 radical (unpaired) electrons. The van der Waals surface area contributed by atoms with E-state index in [-0.39, 0.29) is 0 Å². The molecule has 3 rings (SSSR count). The van der Waals surface area contributed by atoms with Gasteiger partial charge in [0.2, 0.25) is 0 Å². The summed E-state index contributed by atoms with van der Waals surface area (Å²) in [5, 5.41) is 6.37. The lowest BCUT2D eigenvalue weighted by atomic mass is 10.2. The van der Waals surface area contributed by atoms with Crippen LogP contribution in [0, 0.1) is 20.8 Å². The highest BCUT2D eigenvalue weighted by Gasteiger charge is 2.14. The van der Waals surface area contributed by atoms with E-state index in [1.807, 2.05) is 51.1 Å². The molecule has 2 N–H and O–H groups in total. The number of hydrogen-bond donors (Lipinski definition) is 2. The molecular weight excluding hydrogens is 408 g/mol. The Morgan fingerprint density at radius 1 is 0.969 bits per heavy atom. The molecule has 0 atom stereocenters. The summed E-state index contributed by atoms with van der Waals surface area (Å²) in [5.74, 6) is -2.28. The van der Waals surface area contributed by atoms with Crippen molar-refractivity contribution in [3.8, 4) is 5.69 Å². The Labute approximate surface area is 185 Å². The van der Waals surface area contributed by atoms with Crippen molar-refractivity contribution in [1.82, 2.24) is 9.99 Å². The Bertz CT molecular complexity index is 1190. The van der Waals surface area contributed by atoms with Gasteiger partial charge in [-0.15, -0.1) is 0 Å². The lowest BCUT2D eigenvalue weighted by Gasteiger charge is -2.12. The number of carbonyl (C=O) groups is 3. The smallest absolute Gasteiger partial charge is 0.337 e. The van der Waals surface area contributed by atoms with Crippen LogP contribution < -0.4 is 10.7 Å². The number of ether oxygens (including phenoxy) is 1. The van der Waals surface area contributed by atoms with E-state index in [1.165, 1.54) is 37.6 Å². The number of rotatable bonds is 5. The average Bonchev–Trinajstić information content (AvgIpc) is 3.07. The number of carbonyl (C=O) groups excluding carboxylic acids is 3. The molecule has 32 heavy (non-hydrogen) atoms. The van der Waals surface area contributed by atoms with Gasteiger partial charge in [-0.1, -0.05) is 18.2 Å². The maximum Gasteiger partial charge on any atom is 0.337 e. The molecule has 2 amide bonds. The molecule has 0 saturated heterocycles. The van der Waals surface area contributed by atoms with Crippen molar-refractivity contribution >= 4 is 29.7 Å². The van der Waals surface area contributed by atoms with Crippen LogP contribution in [0.3, 0.4) is 0 Å². The normalized spacial score (nSPS) is 10.8. The number of methoxy groups -OCH3 is 1. The fourth-order valence-electron chi connectivity index (χ4n) is 3.31. The minimum atomic E-state index is -0.911. The molecule has 0 spiro atoms. The Kier molecular flexibility index (Phi) is 6.84. The summed E-state index contributed by atoms with van der Waals surface area (Å²) in [7, 11) is 1.28. The van der Waals surface area contributed by atoms with Crippen molar-refractivity contribution in [2.45, 2.75) is 20.8 Å². The second-order valence-corrected chi connectivity index (χ2v) is 7.17. The van der Waals surface area contributed by atoms with Crippen molar-refractivity contribution in [2.75, 3.05) is 12.4 Å². The molecule has 0 fully saturated rings. The number of esters is 1. The average molecular weight is 432 g/mol. The van der Waals surface area contributed by atoms with Gasteiger partial charge < -0.3 is 14.6 Å². The van der Waals surface area contributed by atoms with Gasteiger partial charge in [-0.05, 0) is 62.7 Å². The summed E-state index contributed by atoms with van der Waals surface area (Å²) in [6, 6.07) is 16.0. The second-order valence-electron chi connectivity index (χ2n) is 7.17. The predicted octanol–water partition coefficient (Wildman–Crippen LogP) is 3.28. The minimum Gasteiger partial charge on any atom is -0.465 e. The van der Waals surface area contributed by atoms with Crippen LogP contribution >= 0.6 is 0 Å². The Morgan fingerprint density at radius 3 is 2.31 bits per heavy atom. The van der Waals surface area contributed by atoms with Crippen LogP contribution in [-0.4, -0.2) is 35.7 Å². The summed E-state index contributed by atoms with van der Waals surface area (Å²) in [6.07, 6.45) is 1.51. The third kappa shape index (κ3) is 4.92. The summed E-state index contributed by atoms with van der Waals surface area (Å²) >= 11 is 0. The number of para-hydroxylation sites is 1. The van der Waals surface area contributed by atoms with Crippen LogP contribution in [0.5, 0.6) is 0 Å². The van der Waals surface area contributed by atoms with Gasteiger partial charge >= 0.3 is 17.8 Å². The summed E-state index contributed by atoms with van der Waals surface area (Å²) in [5.41, 5.74) is 7.96. The first-order valence-electron chi connectivity index (χ1n) is 9.89. The van der Waals surface area contributed by atoms with Gasteiger partial charge in [0.25, 0.3) is 0 Å². The van der Waals surface area contributed by atoms with Crippen molar-refractivity contribution in [1.29, 1.82) is 0 Å². The molecule has 0 unspecified atom stereocenters. The minimum absolute atomic E-state index is 0.336. The SMILES string of the molecule is COC(=O)c1ccc(NC(=O)C(=O)N/N=C\c2cc(C)n(-c3ccccc3C)c2C)cc1. The van der Waals surface area contributed by atoms with E-state index in [4.69, 9.17) is 0 Å². The Balaban J connectivity index is 1.64. The summed E-state index contributed by atoms with van der Waals surface area (Å²) < 4.78 is 6.73. The third-order valence-electron chi connectivity index (χ3n) is 4.97. The number of hydrazone groups is 1. The first-order chi connectivity index (χ1) is 15.3. The van der Waals surface area contributed by atoms with Crippen molar-refractivity contribution in [3.63, 3.8) is 0 Å². The van der Waals surface area contributed by atoms with Crippen molar-refractivity contribution in [3.05, 3.63) is 82.7 Å². The molecule has 2 aromatic carbocycles. The van der Waals surface area contributed by atoms with Gasteiger partial charge in [0.05, 0.1) is 18.9 Å². The van der Waals surface area contributed by atoms with E-state index in [1.54, 1.807) is 0 Å². The number of anilines is 1. The summed E-state index contributed by atoms with van der Waals surface area (Å²) in [4.78, 5) is 35.6. The zero-order valence-corrected chi connectivity index (χ0v) is 18.3. The van der Waals surface area contributed by atoms with Crippen LogP contribution in [0.25, 0.3) is 5.69 Å². The topological polar surface area (TPSA) is 102 Å². The maximum atomic E-state index is 12.1. The van der Waals surface area contributed by atoms with Gasteiger partial charge in [-0.3, -0.25) is 9.59 Å². The maximum absolute atomic E-state index is 12.1. The van der Waals surface area contributed by atoms with Gasteiger partial charge in [-0.25, -0.2) is 10.2 Å². The van der Waals surface area contributed by atoms with Crippen LogP contribution in [-0.2, 0) is 14.3 Å². The molecule has 0 bridgehead atoms. The number of nitrogens with zero attached hydrogens (tertiary/aromatic N) is 2. The molecule has 0 aliphatic carbocycles. The zero-order valence-electron chi connectivity index (χ0n) is 18.3. The van der Waals surface area contributed by atoms with Gasteiger partial charge in [0.15, 0.2) is 0 Å². The van der Waals surface area contributed by atoms with E-state index < -0.39 is 17.8 Å². The second kappa shape index (κ2) is 9.74. The number of benzene rings is 2. The number of amides is 2. The predicted molar refractivity (Wildman–Crippen MR) is 122 cm³/mol. The van der Waals surface area contributed by atoms with Crippen LogP contribution in [0.15, 0.2) is 59.7 Å². The molecule has 0 aliphatic heterocycles. The fourth-order valence-corrected chi connectivity index (χ4v) is 3.31. The molecule has 0 aliphatic rings. The zero-order chi connectivity index (χ0) is 23.3. The number of hydrogen-bond acceptors (Lipinski definition) is 5. The molecular formula is C24H24N4O4. The van der Waals surface area contributed by atoms with E-state index in [0.717, 1.165) is 28.2 Å². The highest BCUT2D eigenvalue weighted by molar-refractivity contribution is 6.39. The lowest BCUT2D eigenvalue weighted by Crippen LogP contribution is -2.32. The quantitative estimate of drug-likeness (QED) is 0.280. The van der Waals surface area contributed by atoms with Crippen molar-refractivity contribution < 1.29 is 19.1 Å². The van der Waals surface area contributed by atoms with E-state index in [9.17, 15) is 14.4 Å². The molecule has 0 saturated carbocycles. The van der Waals surface area contributed by atoms with E-state index in [0.29, 0.717) is 11.3 Å². The highest BCUT2D eigenvalue weighted by Crippen LogP contribution is 2.22. The van der Waals surface area contributed by atoms with Crippen LogP contribution in [0.2, 0.25) is 0 Å². The van der Waals surface area contributed by atoms with Crippen LogP contribution in [0.4, 0.5) is 5.69 Å². The lowest BCUT2D eigenvalue weighted by molar-refractivity contribution is -0.136. The fraction of sp³-hybridized carbons (Fsp3) is 0.167. The van der Waals surface area contributed by atoms with Crippen molar-refractivity contribution in [2.24, 2.45) is 5.10 Å². The summed E-state index contributed by atoms with van der Waals surface area (Å²) in [6.45, 7) is 6.01. The molecule has 8 nitrogen and oxygen atoms in total. The van der Waals surface area contributed by atoms with E-state index >= 15 is 0 Å². The first kappa shape index (κ1) is 22.5. The largest absolute Gasteiger partial charge is 0.465 e. The molecule has 164 valence electrons. The monoisotopic (exact) mass is 432 g/mol. The molecule has 3 aromatic rings. The van der Waals surface area contributed by atoms with Crippen LogP contribution in [0.1, 0.15) is 32.9 Å². The molecule has 1 heterocycles. The number of aromatic nitrogens is 1.